The van der Waals surface area contributed by atoms with Crippen LogP contribution in [0.25, 0.3) is 0 Å². The van der Waals surface area contributed by atoms with E-state index in [1.165, 1.54) is 12.1 Å². The van der Waals surface area contributed by atoms with Crippen LogP contribution in [0.1, 0.15) is 17.2 Å². The quantitative estimate of drug-likeness (QED) is 0.732. The maximum atomic E-state index is 12.4. The summed E-state index contributed by atoms with van der Waals surface area (Å²) >= 11 is 2.94. The van der Waals surface area contributed by atoms with E-state index >= 15 is 0 Å². The number of aliphatic hydroxyl groups is 1. The highest BCUT2D eigenvalue weighted by Crippen LogP contribution is 2.31. The summed E-state index contributed by atoms with van der Waals surface area (Å²) in [5.41, 5.74) is -0.231. The molecule has 8 heteroatoms. The Morgan fingerprint density at radius 2 is 2.00 bits per heavy atom. The highest BCUT2D eigenvalue weighted by atomic mass is 79.9. The van der Waals surface area contributed by atoms with E-state index < -0.39 is 24.4 Å². The SMILES string of the molecule is O=C(CBr)Cc1cccc(C(O)C(=O)O)c1OC(F)F. The zero-order chi connectivity index (χ0) is 15.3. The van der Waals surface area contributed by atoms with Crippen molar-refractivity contribution in [3.8, 4) is 5.75 Å². The van der Waals surface area contributed by atoms with Crippen LogP contribution in [0.4, 0.5) is 8.78 Å². The fraction of sp³-hybridized carbons (Fsp3) is 0.333. The van der Waals surface area contributed by atoms with Crippen LogP contribution in [0.5, 0.6) is 5.75 Å². The first-order valence-corrected chi connectivity index (χ1v) is 6.54. The van der Waals surface area contributed by atoms with Gasteiger partial charge in [0.15, 0.2) is 6.10 Å². The van der Waals surface area contributed by atoms with Gasteiger partial charge in [0, 0.05) is 17.5 Å². The molecule has 110 valence electrons. The van der Waals surface area contributed by atoms with Gasteiger partial charge in [-0.3, -0.25) is 4.79 Å². The van der Waals surface area contributed by atoms with Crippen molar-refractivity contribution in [1.29, 1.82) is 0 Å². The third kappa shape index (κ3) is 4.24. The summed E-state index contributed by atoms with van der Waals surface area (Å²) in [5.74, 6) is -2.38. The highest BCUT2D eigenvalue weighted by Gasteiger charge is 2.24. The molecule has 1 aromatic carbocycles. The van der Waals surface area contributed by atoms with Crippen LogP contribution >= 0.6 is 15.9 Å². The Kier molecular flexibility index (Phi) is 6.03. The number of ether oxygens (including phenoxy) is 1. The van der Waals surface area contributed by atoms with Gasteiger partial charge in [0.25, 0.3) is 0 Å². The van der Waals surface area contributed by atoms with Crippen molar-refractivity contribution in [2.45, 2.75) is 19.1 Å². The topological polar surface area (TPSA) is 83.8 Å². The number of ketones is 1. The number of benzene rings is 1. The van der Waals surface area contributed by atoms with Crippen LogP contribution in [-0.2, 0) is 16.0 Å². The van der Waals surface area contributed by atoms with Crippen molar-refractivity contribution in [3.05, 3.63) is 29.3 Å². The number of carboxylic acid groups (broad SMARTS) is 1. The number of aliphatic carboxylic acids is 1. The number of aliphatic hydroxyl groups excluding tert-OH is 1. The number of Topliss-reactive ketones (excluding diaryl/α,β-unsaturated/α-hetero) is 1. The lowest BCUT2D eigenvalue weighted by Crippen LogP contribution is -2.16. The molecular formula is C12H11BrF2O5. The van der Waals surface area contributed by atoms with Gasteiger partial charge in [0.1, 0.15) is 11.5 Å². The normalized spacial score (nSPS) is 12.2. The van der Waals surface area contributed by atoms with Crippen molar-refractivity contribution >= 4 is 27.7 Å². The van der Waals surface area contributed by atoms with Crippen LogP contribution in [0.3, 0.4) is 0 Å². The molecule has 0 aliphatic carbocycles. The number of alkyl halides is 3. The van der Waals surface area contributed by atoms with Gasteiger partial charge < -0.3 is 14.9 Å². The molecule has 1 unspecified atom stereocenters. The molecule has 0 aliphatic heterocycles. The molecule has 0 radical (unpaired) electrons. The van der Waals surface area contributed by atoms with E-state index in [9.17, 15) is 23.5 Å². The zero-order valence-electron chi connectivity index (χ0n) is 10.1. The minimum atomic E-state index is -3.20. The molecule has 1 atom stereocenters. The number of carbonyl (C=O) groups is 2. The van der Waals surface area contributed by atoms with Crippen molar-refractivity contribution in [1.82, 2.24) is 0 Å². The number of para-hydroxylation sites is 1. The molecule has 0 heterocycles. The van der Waals surface area contributed by atoms with Crippen molar-refractivity contribution < 1.29 is 33.3 Å². The van der Waals surface area contributed by atoms with Crippen molar-refractivity contribution in [3.63, 3.8) is 0 Å². The van der Waals surface area contributed by atoms with Gasteiger partial charge in [-0.2, -0.15) is 8.78 Å². The lowest BCUT2D eigenvalue weighted by Gasteiger charge is -2.16. The van der Waals surface area contributed by atoms with Gasteiger partial charge in [-0.05, 0) is 0 Å². The Bertz CT molecular complexity index is 507. The van der Waals surface area contributed by atoms with Crippen molar-refractivity contribution in [2.24, 2.45) is 0 Å². The lowest BCUT2D eigenvalue weighted by atomic mass is 10.0. The molecule has 0 fully saturated rings. The standard InChI is InChI=1S/C12H11BrF2O5/c13-5-7(16)4-6-2-1-3-8(9(17)11(18)19)10(6)20-12(14)15/h1-3,9,12,17H,4-5H2,(H,18,19). The van der Waals surface area contributed by atoms with E-state index in [0.717, 1.165) is 6.07 Å². The van der Waals surface area contributed by atoms with Gasteiger partial charge in [0.05, 0.1) is 5.33 Å². The number of carbonyl (C=O) groups excluding carboxylic acids is 1. The minimum absolute atomic E-state index is 0.0207. The first-order valence-electron chi connectivity index (χ1n) is 5.42. The summed E-state index contributed by atoms with van der Waals surface area (Å²) in [4.78, 5) is 22.1. The molecule has 2 N–H and O–H groups in total. The maximum Gasteiger partial charge on any atom is 0.387 e. The largest absolute Gasteiger partial charge is 0.479 e. The summed E-state index contributed by atoms with van der Waals surface area (Å²) in [7, 11) is 0. The third-order valence-corrected chi connectivity index (χ3v) is 3.02. The monoisotopic (exact) mass is 352 g/mol. The third-order valence-electron chi connectivity index (χ3n) is 2.40. The molecule has 0 aromatic heterocycles. The first-order chi connectivity index (χ1) is 9.36. The molecule has 1 aromatic rings. The average molecular weight is 353 g/mol. The second kappa shape index (κ2) is 7.30. The highest BCUT2D eigenvalue weighted by molar-refractivity contribution is 9.09. The van der Waals surface area contributed by atoms with Gasteiger partial charge in [-0.25, -0.2) is 4.79 Å². The molecule has 0 saturated heterocycles. The van der Waals surface area contributed by atoms with Crippen molar-refractivity contribution in [2.75, 3.05) is 5.33 Å². The summed E-state index contributed by atoms with van der Waals surface area (Å²) < 4.78 is 29.1. The van der Waals surface area contributed by atoms with Gasteiger partial charge in [-0.1, -0.05) is 34.1 Å². The molecule has 20 heavy (non-hydrogen) atoms. The number of hydrogen-bond acceptors (Lipinski definition) is 4. The second-order valence-corrected chi connectivity index (χ2v) is 4.36. The van der Waals surface area contributed by atoms with E-state index in [4.69, 9.17) is 5.11 Å². The molecule has 0 amide bonds. The van der Waals surface area contributed by atoms with E-state index in [0.29, 0.717) is 0 Å². The maximum absolute atomic E-state index is 12.4. The Hall–Kier alpha value is -1.54. The number of hydrogen-bond donors (Lipinski definition) is 2. The number of halogens is 3. The molecule has 0 spiro atoms. The summed E-state index contributed by atoms with van der Waals surface area (Å²) in [6.45, 7) is -3.20. The molecule has 0 saturated carbocycles. The van der Waals surface area contributed by atoms with Crippen LogP contribution < -0.4 is 4.74 Å². The Morgan fingerprint density at radius 3 is 2.50 bits per heavy atom. The molecule has 1 rings (SSSR count). The number of carboxylic acids is 1. The number of rotatable bonds is 7. The fourth-order valence-corrected chi connectivity index (χ4v) is 1.78. The lowest BCUT2D eigenvalue weighted by molar-refractivity contribution is -0.147. The van der Waals surface area contributed by atoms with E-state index in [1.807, 2.05) is 0 Å². The smallest absolute Gasteiger partial charge is 0.387 e. The van der Waals surface area contributed by atoms with E-state index in [-0.39, 0.29) is 28.7 Å². The Labute approximate surface area is 121 Å². The first kappa shape index (κ1) is 16.5. The molecule has 0 aliphatic rings. The molecule has 5 nitrogen and oxygen atoms in total. The minimum Gasteiger partial charge on any atom is -0.479 e. The van der Waals surface area contributed by atoms with Crippen LogP contribution in [0, 0.1) is 0 Å². The van der Waals surface area contributed by atoms with Gasteiger partial charge >= 0.3 is 12.6 Å². The predicted octanol–water partition coefficient (Wildman–Crippen LogP) is 1.91. The summed E-state index contributed by atoms with van der Waals surface area (Å²) in [5, 5.41) is 18.3. The Balaban J connectivity index is 3.26. The van der Waals surface area contributed by atoms with E-state index in [1.54, 1.807) is 0 Å². The predicted molar refractivity (Wildman–Crippen MR) is 68.2 cm³/mol. The van der Waals surface area contributed by atoms with Gasteiger partial charge in [-0.15, -0.1) is 0 Å². The van der Waals surface area contributed by atoms with Crippen LogP contribution in [0.15, 0.2) is 18.2 Å². The fourth-order valence-electron chi connectivity index (χ4n) is 1.58. The zero-order valence-corrected chi connectivity index (χ0v) is 11.6. The van der Waals surface area contributed by atoms with Crippen LogP contribution in [-0.4, -0.2) is 33.9 Å². The second-order valence-electron chi connectivity index (χ2n) is 3.80. The summed E-state index contributed by atoms with van der Waals surface area (Å²) in [6.07, 6.45) is -2.23. The van der Waals surface area contributed by atoms with Gasteiger partial charge in [0.2, 0.25) is 0 Å². The Morgan fingerprint density at radius 1 is 1.35 bits per heavy atom. The van der Waals surface area contributed by atoms with Crippen LogP contribution in [0.2, 0.25) is 0 Å². The molecular weight excluding hydrogens is 342 g/mol. The average Bonchev–Trinajstić information content (AvgIpc) is 2.39. The van der Waals surface area contributed by atoms with E-state index in [2.05, 4.69) is 20.7 Å². The molecule has 0 bridgehead atoms. The summed E-state index contributed by atoms with van der Waals surface area (Å²) in [6, 6.07) is 3.87.